The van der Waals surface area contributed by atoms with Gasteiger partial charge in [-0.3, -0.25) is 9.59 Å². The number of carbonyl (C=O) groups is 2. The van der Waals surface area contributed by atoms with Gasteiger partial charge < -0.3 is 16.0 Å². The molecular formula is C15H29N3O2. The van der Waals surface area contributed by atoms with Gasteiger partial charge in [-0.05, 0) is 24.8 Å². The van der Waals surface area contributed by atoms with Gasteiger partial charge in [-0.15, -0.1) is 0 Å². The van der Waals surface area contributed by atoms with Gasteiger partial charge in [-0.25, -0.2) is 0 Å². The Labute approximate surface area is 122 Å². The fourth-order valence-electron chi connectivity index (χ4n) is 2.27. The van der Waals surface area contributed by atoms with Crippen molar-refractivity contribution >= 4 is 11.8 Å². The highest BCUT2D eigenvalue weighted by molar-refractivity contribution is 5.81. The predicted molar refractivity (Wildman–Crippen MR) is 80.1 cm³/mol. The monoisotopic (exact) mass is 283 g/mol. The van der Waals surface area contributed by atoms with Gasteiger partial charge in [0.05, 0.1) is 0 Å². The Bertz CT molecular complexity index is 363. The lowest BCUT2D eigenvalue weighted by molar-refractivity contribution is -0.131. The van der Waals surface area contributed by atoms with Crippen molar-refractivity contribution in [3.63, 3.8) is 0 Å². The Balaban J connectivity index is 2.23. The van der Waals surface area contributed by atoms with Crippen LogP contribution in [0.25, 0.3) is 0 Å². The maximum atomic E-state index is 12.1. The molecule has 0 radical (unpaired) electrons. The van der Waals surface area contributed by atoms with E-state index in [9.17, 15) is 9.59 Å². The predicted octanol–water partition coefficient (Wildman–Crippen LogP) is 1.13. The van der Waals surface area contributed by atoms with E-state index in [-0.39, 0.29) is 22.6 Å². The van der Waals surface area contributed by atoms with Gasteiger partial charge in [0.15, 0.2) is 0 Å². The molecule has 0 aromatic carbocycles. The molecule has 1 rings (SSSR count). The summed E-state index contributed by atoms with van der Waals surface area (Å²) in [5.74, 6) is 0.203. The van der Waals surface area contributed by atoms with Gasteiger partial charge >= 0.3 is 0 Å². The van der Waals surface area contributed by atoms with Crippen molar-refractivity contribution in [2.45, 2.75) is 47.0 Å². The average molecular weight is 283 g/mol. The van der Waals surface area contributed by atoms with Gasteiger partial charge in [0.25, 0.3) is 0 Å². The third-order valence-electron chi connectivity index (χ3n) is 3.94. The van der Waals surface area contributed by atoms with Crippen molar-refractivity contribution < 1.29 is 9.59 Å². The Hall–Kier alpha value is -1.10. The van der Waals surface area contributed by atoms with Gasteiger partial charge in [0.2, 0.25) is 11.8 Å². The van der Waals surface area contributed by atoms with Crippen molar-refractivity contribution in [1.82, 2.24) is 10.2 Å². The number of nitrogens with zero attached hydrogens (tertiary/aromatic N) is 1. The first-order valence-corrected chi connectivity index (χ1v) is 7.44. The highest BCUT2D eigenvalue weighted by Crippen LogP contribution is 2.28. The third-order valence-corrected chi connectivity index (χ3v) is 3.94. The van der Waals surface area contributed by atoms with E-state index < -0.39 is 0 Å². The zero-order valence-electron chi connectivity index (χ0n) is 13.3. The lowest BCUT2D eigenvalue weighted by Gasteiger charge is -2.22. The summed E-state index contributed by atoms with van der Waals surface area (Å²) in [7, 11) is 0. The molecule has 0 aromatic rings. The Morgan fingerprint density at radius 3 is 2.50 bits per heavy atom. The van der Waals surface area contributed by atoms with Crippen molar-refractivity contribution in [3.05, 3.63) is 0 Å². The summed E-state index contributed by atoms with van der Waals surface area (Å²) < 4.78 is 0. The number of hydrogen-bond donors (Lipinski definition) is 2. The minimum atomic E-state index is -0.373. The number of hydrogen-bond acceptors (Lipinski definition) is 3. The molecule has 1 heterocycles. The number of likely N-dealkylation sites (tertiary alicyclic amines) is 1. The van der Waals surface area contributed by atoms with E-state index in [1.54, 1.807) is 0 Å². The van der Waals surface area contributed by atoms with Crippen LogP contribution in [0.2, 0.25) is 0 Å². The topological polar surface area (TPSA) is 75.4 Å². The van der Waals surface area contributed by atoms with E-state index in [1.807, 2.05) is 25.7 Å². The van der Waals surface area contributed by atoms with Crippen LogP contribution in [0.4, 0.5) is 0 Å². The molecule has 116 valence electrons. The summed E-state index contributed by atoms with van der Waals surface area (Å²) >= 11 is 0. The minimum Gasteiger partial charge on any atom is -0.356 e. The van der Waals surface area contributed by atoms with E-state index in [1.165, 1.54) is 0 Å². The van der Waals surface area contributed by atoms with Crippen LogP contribution in [0, 0.1) is 10.8 Å². The molecule has 20 heavy (non-hydrogen) atoms. The smallest absolute Gasteiger partial charge is 0.225 e. The van der Waals surface area contributed by atoms with Gasteiger partial charge in [-0.1, -0.05) is 27.7 Å². The van der Waals surface area contributed by atoms with Crippen molar-refractivity contribution in [3.8, 4) is 0 Å². The average Bonchev–Trinajstić information content (AvgIpc) is 2.76. The second-order valence-electron chi connectivity index (χ2n) is 7.19. The van der Waals surface area contributed by atoms with Crippen molar-refractivity contribution in [2.24, 2.45) is 16.6 Å². The number of carbonyl (C=O) groups excluding carboxylic acids is 2. The first-order chi connectivity index (χ1) is 9.18. The minimum absolute atomic E-state index is 0.0295. The van der Waals surface area contributed by atoms with Crippen LogP contribution in [0.15, 0.2) is 0 Å². The standard InChI is InChI=1S/C15H29N3O2/c1-14(2,3)13(20)17-8-5-6-12(19)18-9-7-15(4,10-16)11-18/h5-11,16H2,1-4H3,(H,17,20). The van der Waals surface area contributed by atoms with Crippen LogP contribution in [-0.2, 0) is 9.59 Å². The molecular weight excluding hydrogens is 254 g/mol. The molecule has 5 heteroatoms. The summed E-state index contributed by atoms with van der Waals surface area (Å²) in [5, 5.41) is 2.87. The summed E-state index contributed by atoms with van der Waals surface area (Å²) in [4.78, 5) is 25.6. The SMILES string of the molecule is CC1(CN)CCN(C(=O)CCCNC(=O)C(C)(C)C)C1. The summed E-state index contributed by atoms with van der Waals surface area (Å²) in [5.41, 5.74) is 5.45. The molecule has 1 unspecified atom stereocenters. The fourth-order valence-corrected chi connectivity index (χ4v) is 2.27. The molecule has 0 aromatic heterocycles. The second kappa shape index (κ2) is 6.57. The lowest BCUT2D eigenvalue weighted by atomic mass is 9.90. The molecule has 0 saturated carbocycles. The molecule has 1 saturated heterocycles. The largest absolute Gasteiger partial charge is 0.356 e. The van der Waals surface area contributed by atoms with Gasteiger partial charge in [0.1, 0.15) is 0 Å². The summed E-state index contributed by atoms with van der Waals surface area (Å²) in [6.07, 6.45) is 2.16. The highest BCUT2D eigenvalue weighted by atomic mass is 16.2. The van der Waals surface area contributed by atoms with E-state index >= 15 is 0 Å². The molecule has 3 N–H and O–H groups in total. The van der Waals surface area contributed by atoms with Crippen LogP contribution >= 0.6 is 0 Å². The fraction of sp³-hybridized carbons (Fsp3) is 0.867. The van der Waals surface area contributed by atoms with E-state index in [2.05, 4.69) is 12.2 Å². The molecule has 1 fully saturated rings. The van der Waals surface area contributed by atoms with E-state index in [4.69, 9.17) is 5.73 Å². The molecule has 0 bridgehead atoms. The Morgan fingerprint density at radius 2 is 2.00 bits per heavy atom. The zero-order chi connectivity index (χ0) is 15.4. The maximum Gasteiger partial charge on any atom is 0.225 e. The van der Waals surface area contributed by atoms with Gasteiger partial charge in [0, 0.05) is 31.5 Å². The third kappa shape index (κ3) is 4.78. The number of rotatable bonds is 5. The molecule has 1 atom stereocenters. The van der Waals surface area contributed by atoms with Crippen LogP contribution < -0.4 is 11.1 Å². The van der Waals surface area contributed by atoms with Crippen LogP contribution in [0.1, 0.15) is 47.0 Å². The lowest BCUT2D eigenvalue weighted by Crippen LogP contribution is -2.36. The quantitative estimate of drug-likeness (QED) is 0.743. The molecule has 2 amide bonds. The second-order valence-corrected chi connectivity index (χ2v) is 7.19. The first kappa shape index (κ1) is 17.0. The number of amides is 2. The van der Waals surface area contributed by atoms with Crippen molar-refractivity contribution in [1.29, 1.82) is 0 Å². The molecule has 5 nitrogen and oxygen atoms in total. The Morgan fingerprint density at radius 1 is 1.35 bits per heavy atom. The van der Waals surface area contributed by atoms with Crippen LogP contribution in [0.5, 0.6) is 0 Å². The van der Waals surface area contributed by atoms with E-state index in [0.717, 1.165) is 19.5 Å². The Kier molecular flexibility index (Phi) is 5.57. The van der Waals surface area contributed by atoms with Crippen LogP contribution in [-0.4, -0.2) is 42.9 Å². The maximum absolute atomic E-state index is 12.1. The molecule has 0 spiro atoms. The molecule has 1 aliphatic rings. The van der Waals surface area contributed by atoms with Crippen LogP contribution in [0.3, 0.4) is 0 Å². The van der Waals surface area contributed by atoms with Crippen molar-refractivity contribution in [2.75, 3.05) is 26.2 Å². The molecule has 0 aliphatic carbocycles. The normalized spacial score (nSPS) is 22.9. The van der Waals surface area contributed by atoms with Gasteiger partial charge in [-0.2, -0.15) is 0 Å². The molecule has 1 aliphatic heterocycles. The number of nitrogens with two attached hydrogens (primary N) is 1. The number of nitrogens with one attached hydrogen (secondary N) is 1. The summed E-state index contributed by atoms with van der Waals surface area (Å²) in [6, 6.07) is 0. The van der Waals surface area contributed by atoms with E-state index in [0.29, 0.717) is 25.9 Å². The first-order valence-electron chi connectivity index (χ1n) is 7.44. The summed E-state index contributed by atoms with van der Waals surface area (Å²) in [6.45, 7) is 10.5. The zero-order valence-corrected chi connectivity index (χ0v) is 13.3. The highest BCUT2D eigenvalue weighted by Gasteiger charge is 2.34.